The first-order chi connectivity index (χ1) is 22.3. The molecule has 5 rings (SSSR count). The Bertz CT molecular complexity index is 1520. The van der Waals surface area contributed by atoms with Gasteiger partial charge in [-0.15, -0.1) is 0 Å². The van der Waals surface area contributed by atoms with Crippen molar-refractivity contribution in [2.24, 2.45) is 11.8 Å². The normalized spacial score (nSPS) is 22.2. The Balaban J connectivity index is 1.51. The van der Waals surface area contributed by atoms with E-state index >= 15 is 0 Å². The van der Waals surface area contributed by atoms with Gasteiger partial charge in [0, 0.05) is 17.4 Å². The second-order valence-electron chi connectivity index (χ2n) is 15.5. The number of carboxylic acid groups (broad SMARTS) is 1. The standard InChI is InChI=1S/C42H54O5/c1-9-42(7,8)31-18-20-32(21-19-31)46-33-22-23-37(45-26-38(43)44)36(24-33)40-34(27(2)3)25-35(39(47-40)29-12-10-11-13-29)28-14-16-30(17-15-28)41(4,5)6/h14-24,29,34-35,39-40H,2,9-13,25-26H2,1,3-8H3,(H,43,44)/t34-,35-,39+,40+/m0/s1. The Hall–Kier alpha value is -3.57. The summed E-state index contributed by atoms with van der Waals surface area (Å²) in [4.78, 5) is 11.6. The number of benzene rings is 3. The van der Waals surface area contributed by atoms with Crippen LogP contribution in [0.4, 0.5) is 0 Å². The summed E-state index contributed by atoms with van der Waals surface area (Å²) in [6.45, 7) is 19.5. The highest BCUT2D eigenvalue weighted by molar-refractivity contribution is 5.68. The van der Waals surface area contributed by atoms with Crippen LogP contribution in [0.3, 0.4) is 0 Å². The summed E-state index contributed by atoms with van der Waals surface area (Å²) in [6.07, 6.45) is 6.38. The molecule has 0 amide bonds. The summed E-state index contributed by atoms with van der Waals surface area (Å²) < 4.78 is 19.6. The molecule has 2 aliphatic rings. The Morgan fingerprint density at radius 1 is 0.915 bits per heavy atom. The lowest BCUT2D eigenvalue weighted by atomic mass is 9.72. The van der Waals surface area contributed by atoms with Crippen molar-refractivity contribution in [3.63, 3.8) is 0 Å². The summed E-state index contributed by atoms with van der Waals surface area (Å²) in [5, 5.41) is 9.48. The molecule has 1 N–H and O–H groups in total. The van der Waals surface area contributed by atoms with Gasteiger partial charge in [-0.3, -0.25) is 0 Å². The lowest BCUT2D eigenvalue weighted by Gasteiger charge is -2.45. The van der Waals surface area contributed by atoms with Crippen LogP contribution in [0, 0.1) is 11.8 Å². The monoisotopic (exact) mass is 638 g/mol. The van der Waals surface area contributed by atoms with Crippen molar-refractivity contribution in [1.82, 2.24) is 0 Å². The highest BCUT2D eigenvalue weighted by Gasteiger charge is 2.44. The summed E-state index contributed by atoms with van der Waals surface area (Å²) in [6, 6.07) is 23.1. The average Bonchev–Trinajstić information content (AvgIpc) is 3.58. The molecule has 4 atom stereocenters. The van der Waals surface area contributed by atoms with Gasteiger partial charge in [-0.1, -0.05) is 103 Å². The van der Waals surface area contributed by atoms with E-state index in [1.807, 2.05) is 30.3 Å². The lowest BCUT2D eigenvalue weighted by molar-refractivity contribution is -0.139. The van der Waals surface area contributed by atoms with E-state index in [1.54, 1.807) is 0 Å². The van der Waals surface area contributed by atoms with Gasteiger partial charge in [-0.05, 0) is 96.4 Å². The third-order valence-electron chi connectivity index (χ3n) is 10.7. The first kappa shape index (κ1) is 34.8. The van der Waals surface area contributed by atoms with Crippen molar-refractivity contribution in [3.8, 4) is 17.2 Å². The fourth-order valence-electron chi connectivity index (χ4n) is 7.32. The van der Waals surface area contributed by atoms with Crippen LogP contribution in [0.5, 0.6) is 17.2 Å². The van der Waals surface area contributed by atoms with Crippen LogP contribution >= 0.6 is 0 Å². The maximum atomic E-state index is 11.6. The molecule has 1 saturated carbocycles. The molecule has 0 unspecified atom stereocenters. The third kappa shape index (κ3) is 8.12. The van der Waals surface area contributed by atoms with Crippen LogP contribution in [0.25, 0.3) is 0 Å². The molecule has 0 spiro atoms. The van der Waals surface area contributed by atoms with Crippen LogP contribution in [-0.4, -0.2) is 23.8 Å². The summed E-state index contributed by atoms with van der Waals surface area (Å²) in [5.74, 6) is 1.60. The third-order valence-corrected chi connectivity index (χ3v) is 10.7. The molecule has 3 aromatic rings. The van der Waals surface area contributed by atoms with Crippen LogP contribution < -0.4 is 9.47 Å². The van der Waals surface area contributed by atoms with Gasteiger partial charge in [-0.25, -0.2) is 4.79 Å². The molecule has 1 heterocycles. The van der Waals surface area contributed by atoms with Crippen molar-refractivity contribution < 1.29 is 24.1 Å². The number of rotatable bonds is 11. The number of aliphatic carboxylic acids is 1. The maximum Gasteiger partial charge on any atom is 0.341 e. The fourth-order valence-corrected chi connectivity index (χ4v) is 7.32. The lowest BCUT2D eigenvalue weighted by Crippen LogP contribution is -2.40. The smallest absolute Gasteiger partial charge is 0.341 e. The topological polar surface area (TPSA) is 65.0 Å². The van der Waals surface area contributed by atoms with Crippen molar-refractivity contribution in [2.75, 3.05) is 6.61 Å². The molecule has 5 nitrogen and oxygen atoms in total. The molecule has 252 valence electrons. The summed E-state index contributed by atoms with van der Waals surface area (Å²) >= 11 is 0. The van der Waals surface area contributed by atoms with E-state index in [2.05, 4.69) is 91.4 Å². The van der Waals surface area contributed by atoms with E-state index in [9.17, 15) is 9.90 Å². The Morgan fingerprint density at radius 3 is 2.11 bits per heavy atom. The number of carboxylic acids is 1. The molecule has 0 bridgehead atoms. The molecule has 3 aromatic carbocycles. The van der Waals surface area contributed by atoms with Crippen LogP contribution in [0.15, 0.2) is 78.9 Å². The van der Waals surface area contributed by atoms with Crippen LogP contribution in [0.1, 0.15) is 121 Å². The number of carbonyl (C=O) groups is 1. The zero-order valence-electron chi connectivity index (χ0n) is 29.5. The minimum atomic E-state index is -1.02. The molecule has 5 heteroatoms. The first-order valence-corrected chi connectivity index (χ1v) is 17.4. The molecule has 0 aromatic heterocycles. The van der Waals surface area contributed by atoms with Gasteiger partial charge in [0.25, 0.3) is 0 Å². The van der Waals surface area contributed by atoms with E-state index in [0.717, 1.165) is 42.6 Å². The Morgan fingerprint density at radius 2 is 1.53 bits per heavy atom. The van der Waals surface area contributed by atoms with E-state index in [-0.39, 0.29) is 34.9 Å². The largest absolute Gasteiger partial charge is 0.482 e. The van der Waals surface area contributed by atoms with E-state index < -0.39 is 12.6 Å². The van der Waals surface area contributed by atoms with Crippen molar-refractivity contribution in [3.05, 3.63) is 101 Å². The predicted octanol–water partition coefficient (Wildman–Crippen LogP) is 10.9. The van der Waals surface area contributed by atoms with Crippen molar-refractivity contribution >= 4 is 5.97 Å². The maximum absolute atomic E-state index is 11.6. The van der Waals surface area contributed by atoms with Gasteiger partial charge < -0.3 is 19.3 Å². The summed E-state index contributed by atoms with van der Waals surface area (Å²) in [7, 11) is 0. The highest BCUT2D eigenvalue weighted by Crippen LogP contribution is 2.52. The second-order valence-corrected chi connectivity index (χ2v) is 15.5. The molecule has 47 heavy (non-hydrogen) atoms. The van der Waals surface area contributed by atoms with Gasteiger partial charge in [-0.2, -0.15) is 0 Å². The van der Waals surface area contributed by atoms with Gasteiger partial charge in [0.2, 0.25) is 0 Å². The molecular formula is C42H54O5. The quantitative estimate of drug-likeness (QED) is 0.212. The van der Waals surface area contributed by atoms with Crippen LogP contribution in [-0.2, 0) is 20.4 Å². The van der Waals surface area contributed by atoms with Crippen LogP contribution in [0.2, 0.25) is 0 Å². The minimum Gasteiger partial charge on any atom is -0.482 e. The zero-order valence-corrected chi connectivity index (χ0v) is 29.5. The molecule has 1 saturated heterocycles. The molecule has 1 aliphatic heterocycles. The van der Waals surface area contributed by atoms with Gasteiger partial charge in [0.1, 0.15) is 17.2 Å². The van der Waals surface area contributed by atoms with E-state index in [4.69, 9.17) is 14.2 Å². The number of hydrogen-bond donors (Lipinski definition) is 1. The molecule has 2 fully saturated rings. The zero-order chi connectivity index (χ0) is 33.9. The Labute approximate surface area is 282 Å². The first-order valence-electron chi connectivity index (χ1n) is 17.4. The van der Waals surface area contributed by atoms with Crippen molar-refractivity contribution in [1.29, 1.82) is 0 Å². The number of hydrogen-bond acceptors (Lipinski definition) is 4. The van der Waals surface area contributed by atoms with E-state index in [1.165, 1.54) is 29.5 Å². The predicted molar refractivity (Wildman–Crippen MR) is 190 cm³/mol. The number of ether oxygens (including phenoxy) is 3. The highest BCUT2D eigenvalue weighted by atomic mass is 16.5. The second kappa shape index (κ2) is 14.3. The van der Waals surface area contributed by atoms with Gasteiger partial charge >= 0.3 is 5.97 Å². The fraction of sp³-hybridized carbons (Fsp3) is 0.500. The van der Waals surface area contributed by atoms with E-state index in [0.29, 0.717) is 17.4 Å². The van der Waals surface area contributed by atoms with Gasteiger partial charge in [0.05, 0.1) is 12.2 Å². The summed E-state index contributed by atoms with van der Waals surface area (Å²) in [5.41, 5.74) is 5.94. The van der Waals surface area contributed by atoms with Gasteiger partial charge in [0.15, 0.2) is 6.61 Å². The molecule has 0 radical (unpaired) electrons. The average molecular weight is 639 g/mol. The SMILES string of the molecule is C=C(C)[C@@H]1C[C@@H](c2ccc(C(C)(C)C)cc2)[C@@H](C2CCCC2)O[C@H]1c1cc(Oc2ccc(C(C)(C)CC)cc2)ccc1OCC(=O)O. The molecular weight excluding hydrogens is 584 g/mol. The molecule has 1 aliphatic carbocycles. The Kier molecular flexibility index (Phi) is 10.6. The minimum absolute atomic E-state index is 0.0120. The van der Waals surface area contributed by atoms with Crippen molar-refractivity contribution in [2.45, 2.75) is 116 Å².